The quantitative estimate of drug-likeness (QED) is 0.896. The molecule has 3 rings (SSSR count). The minimum Gasteiger partial charge on any atom is -0.360 e. The minimum atomic E-state index is -0.402. The maximum Gasteiger partial charge on any atom is 0.227 e. The highest BCUT2D eigenvalue weighted by atomic mass is 19.1. The number of carbonyl (C=O) groups is 1. The van der Waals surface area contributed by atoms with Crippen LogP contribution in [-0.4, -0.2) is 49.6 Å². The van der Waals surface area contributed by atoms with Crippen molar-refractivity contribution in [1.29, 1.82) is 0 Å². The molecule has 6 nitrogen and oxygen atoms in total. The van der Waals surface area contributed by atoms with E-state index in [1.165, 1.54) is 6.20 Å². The molecule has 2 aliphatic heterocycles. The summed E-state index contributed by atoms with van der Waals surface area (Å²) in [6.07, 6.45) is 5.92. The lowest BCUT2D eigenvalue weighted by Gasteiger charge is -2.41. The molecule has 0 atom stereocenters. The van der Waals surface area contributed by atoms with Crippen molar-refractivity contribution in [2.24, 2.45) is 5.41 Å². The molecular weight excluding hydrogens is 297 g/mol. The monoisotopic (exact) mass is 321 g/mol. The average molecular weight is 321 g/mol. The van der Waals surface area contributed by atoms with Crippen LogP contribution in [0.1, 0.15) is 32.1 Å². The van der Waals surface area contributed by atoms with E-state index in [-0.39, 0.29) is 11.3 Å². The van der Waals surface area contributed by atoms with Gasteiger partial charge in [0.1, 0.15) is 0 Å². The maximum atomic E-state index is 13.7. The number of hydrogen-bond donors (Lipinski definition) is 1. The van der Waals surface area contributed by atoms with E-state index in [0.29, 0.717) is 18.2 Å². The molecule has 2 aliphatic rings. The van der Waals surface area contributed by atoms with Crippen LogP contribution in [0.2, 0.25) is 0 Å². The third-order valence-corrected chi connectivity index (χ3v) is 5.10. The highest BCUT2D eigenvalue weighted by Crippen LogP contribution is 2.40. The zero-order valence-electron chi connectivity index (χ0n) is 13.8. The number of aromatic nitrogens is 2. The van der Waals surface area contributed by atoms with Crippen molar-refractivity contribution in [3.05, 3.63) is 12.0 Å². The van der Waals surface area contributed by atoms with Crippen LogP contribution in [0.25, 0.3) is 0 Å². The van der Waals surface area contributed by atoms with Gasteiger partial charge in [0.05, 0.1) is 6.20 Å². The number of carbonyl (C=O) groups excluding carboxylic acids is 1. The largest absolute Gasteiger partial charge is 0.360 e. The van der Waals surface area contributed by atoms with E-state index in [2.05, 4.69) is 20.2 Å². The lowest BCUT2D eigenvalue weighted by molar-refractivity contribution is -0.120. The summed E-state index contributed by atoms with van der Waals surface area (Å²) in [4.78, 5) is 23.8. The third kappa shape index (κ3) is 3.38. The Morgan fingerprint density at radius 1 is 1.26 bits per heavy atom. The average Bonchev–Trinajstić information content (AvgIpc) is 2.71. The van der Waals surface area contributed by atoms with Gasteiger partial charge in [-0.2, -0.15) is 4.98 Å². The molecule has 7 heteroatoms. The number of nitrogens with zero attached hydrogens (tertiary/aromatic N) is 4. The van der Waals surface area contributed by atoms with Crippen LogP contribution in [0, 0.1) is 11.2 Å². The molecule has 0 aliphatic carbocycles. The van der Waals surface area contributed by atoms with E-state index in [0.717, 1.165) is 45.3 Å². The van der Waals surface area contributed by atoms with Gasteiger partial charge < -0.3 is 15.1 Å². The molecule has 3 heterocycles. The third-order valence-electron chi connectivity index (χ3n) is 5.10. The molecule has 0 radical (unpaired) electrons. The Morgan fingerprint density at radius 3 is 2.70 bits per heavy atom. The number of hydrogen-bond acceptors (Lipinski definition) is 5. The van der Waals surface area contributed by atoms with Gasteiger partial charge in [-0.15, -0.1) is 0 Å². The van der Waals surface area contributed by atoms with E-state index in [4.69, 9.17) is 0 Å². The summed E-state index contributed by atoms with van der Waals surface area (Å²) in [5, 5.41) is 2.96. The fraction of sp³-hybridized carbons (Fsp3) is 0.688. The summed E-state index contributed by atoms with van der Waals surface area (Å²) >= 11 is 0. The molecule has 2 saturated heterocycles. The van der Waals surface area contributed by atoms with Gasteiger partial charge >= 0.3 is 0 Å². The number of halogens is 1. The van der Waals surface area contributed by atoms with Gasteiger partial charge in [-0.05, 0) is 31.1 Å². The predicted octanol–water partition coefficient (Wildman–Crippen LogP) is 1.57. The van der Waals surface area contributed by atoms with Crippen LogP contribution < -0.4 is 15.1 Å². The van der Waals surface area contributed by atoms with Crippen LogP contribution in [0.15, 0.2) is 6.20 Å². The molecule has 1 N–H and O–H groups in total. The lowest BCUT2D eigenvalue weighted by Crippen LogP contribution is -2.41. The van der Waals surface area contributed by atoms with Crippen molar-refractivity contribution in [3.63, 3.8) is 0 Å². The van der Waals surface area contributed by atoms with Crippen LogP contribution >= 0.6 is 0 Å². The summed E-state index contributed by atoms with van der Waals surface area (Å²) < 4.78 is 13.7. The molecule has 2 fully saturated rings. The second-order valence-corrected chi connectivity index (χ2v) is 6.82. The normalized spacial score (nSPS) is 21.0. The molecule has 0 bridgehead atoms. The molecular formula is C16H24FN5O. The Labute approximate surface area is 136 Å². The molecule has 126 valence electrons. The second kappa shape index (κ2) is 6.29. The minimum absolute atomic E-state index is 0.168. The second-order valence-electron chi connectivity index (χ2n) is 6.82. The first-order chi connectivity index (χ1) is 11.0. The zero-order chi connectivity index (χ0) is 16.4. The zero-order valence-corrected chi connectivity index (χ0v) is 13.8. The first-order valence-electron chi connectivity index (χ1n) is 8.21. The van der Waals surface area contributed by atoms with Crippen LogP contribution in [-0.2, 0) is 4.79 Å². The smallest absolute Gasteiger partial charge is 0.227 e. The van der Waals surface area contributed by atoms with Crippen molar-refractivity contribution in [1.82, 2.24) is 15.3 Å². The fourth-order valence-electron chi connectivity index (χ4n) is 3.56. The van der Waals surface area contributed by atoms with E-state index >= 15 is 0 Å². The summed E-state index contributed by atoms with van der Waals surface area (Å²) in [6, 6.07) is 0. The summed E-state index contributed by atoms with van der Waals surface area (Å²) in [7, 11) is 3.55. The van der Waals surface area contributed by atoms with Crippen molar-refractivity contribution < 1.29 is 9.18 Å². The summed E-state index contributed by atoms with van der Waals surface area (Å²) in [5.41, 5.74) is 0.250. The Balaban J connectivity index is 1.69. The Kier molecular flexibility index (Phi) is 4.37. The Bertz CT molecular complexity index is 584. The van der Waals surface area contributed by atoms with Gasteiger partial charge in [0.25, 0.3) is 0 Å². The van der Waals surface area contributed by atoms with E-state index in [9.17, 15) is 9.18 Å². The first-order valence-corrected chi connectivity index (χ1v) is 8.21. The maximum absolute atomic E-state index is 13.7. The van der Waals surface area contributed by atoms with Crippen molar-refractivity contribution >= 4 is 17.7 Å². The van der Waals surface area contributed by atoms with Gasteiger partial charge in [-0.25, -0.2) is 9.37 Å². The van der Waals surface area contributed by atoms with Crippen molar-refractivity contribution in [2.75, 3.05) is 43.5 Å². The van der Waals surface area contributed by atoms with E-state index < -0.39 is 5.82 Å². The Morgan fingerprint density at radius 2 is 2.00 bits per heavy atom. The molecule has 23 heavy (non-hydrogen) atoms. The van der Waals surface area contributed by atoms with Gasteiger partial charge in [0, 0.05) is 40.2 Å². The molecule has 1 aromatic heterocycles. The summed E-state index contributed by atoms with van der Waals surface area (Å²) in [6.45, 7) is 2.48. The van der Waals surface area contributed by atoms with Crippen molar-refractivity contribution in [2.45, 2.75) is 32.1 Å². The first kappa shape index (κ1) is 16.0. The molecule has 1 aromatic rings. The molecule has 0 saturated carbocycles. The Hall–Kier alpha value is -1.92. The number of anilines is 2. The van der Waals surface area contributed by atoms with Crippen LogP contribution in [0.4, 0.5) is 16.2 Å². The lowest BCUT2D eigenvalue weighted by atomic mass is 9.73. The molecule has 1 spiro atoms. The van der Waals surface area contributed by atoms with Gasteiger partial charge in [-0.1, -0.05) is 0 Å². The van der Waals surface area contributed by atoms with Gasteiger partial charge in [0.2, 0.25) is 11.9 Å². The highest BCUT2D eigenvalue weighted by molar-refractivity contribution is 5.76. The number of rotatable bonds is 2. The van der Waals surface area contributed by atoms with Crippen LogP contribution in [0.5, 0.6) is 0 Å². The SMILES string of the molecule is CN(C)c1nc(N2CCC3(CCNC(=O)CC3)CC2)ncc1F. The number of amides is 1. The van der Waals surface area contributed by atoms with Crippen LogP contribution in [0.3, 0.4) is 0 Å². The fourth-order valence-corrected chi connectivity index (χ4v) is 3.56. The topological polar surface area (TPSA) is 61.4 Å². The number of piperidine rings is 1. The predicted molar refractivity (Wildman–Crippen MR) is 87.1 cm³/mol. The van der Waals surface area contributed by atoms with Gasteiger partial charge in [-0.3, -0.25) is 4.79 Å². The van der Waals surface area contributed by atoms with E-state index in [1.54, 1.807) is 19.0 Å². The standard InChI is InChI=1S/C16H24FN5O/c1-21(2)14-12(17)11-19-15(20-14)22-9-6-16(7-10-22)4-3-13(23)18-8-5-16/h11H,3-10H2,1-2H3,(H,18,23). The number of nitrogens with one attached hydrogen (secondary N) is 1. The molecule has 0 aromatic carbocycles. The van der Waals surface area contributed by atoms with Crippen molar-refractivity contribution in [3.8, 4) is 0 Å². The van der Waals surface area contributed by atoms with E-state index in [1.807, 2.05) is 0 Å². The van der Waals surface area contributed by atoms with Gasteiger partial charge in [0.15, 0.2) is 11.6 Å². The summed E-state index contributed by atoms with van der Waals surface area (Å²) in [5.74, 6) is 0.676. The molecule has 1 amide bonds. The molecule has 0 unspecified atom stereocenters. The highest BCUT2D eigenvalue weighted by Gasteiger charge is 2.36.